The first-order valence-corrected chi connectivity index (χ1v) is 11.8. The lowest BCUT2D eigenvalue weighted by Gasteiger charge is -2.13. The lowest BCUT2D eigenvalue weighted by atomic mass is 10.0. The number of hydrazone groups is 1. The van der Waals surface area contributed by atoms with Gasteiger partial charge in [0.05, 0.1) is 46.8 Å². The number of aromatic nitrogens is 3. The maximum Gasteiger partial charge on any atom is 0.267 e. The molecule has 2 aromatic carbocycles. The van der Waals surface area contributed by atoms with Gasteiger partial charge in [0.25, 0.3) is 18.2 Å². The van der Waals surface area contributed by atoms with E-state index in [2.05, 4.69) is 31.2 Å². The second kappa shape index (κ2) is 9.14. The van der Waals surface area contributed by atoms with Crippen LogP contribution in [0.4, 0.5) is 26.0 Å². The SMILES string of the molecule is N=C/C=N\Nc1ncc(NC(=O)c2cnn(-c3ccc4c5c(cccc35)C(=O)N4)c2C2CC2)cc1C(F)F. The van der Waals surface area contributed by atoms with Crippen molar-refractivity contribution in [1.82, 2.24) is 14.8 Å². The molecule has 1 aliphatic carbocycles. The van der Waals surface area contributed by atoms with Crippen molar-refractivity contribution < 1.29 is 18.4 Å². The largest absolute Gasteiger partial charge is 0.321 e. The van der Waals surface area contributed by atoms with Crippen LogP contribution in [-0.2, 0) is 0 Å². The number of nitrogens with one attached hydrogen (secondary N) is 4. The van der Waals surface area contributed by atoms with Crippen LogP contribution in [0.3, 0.4) is 0 Å². The number of anilines is 3. The molecule has 2 aliphatic rings. The van der Waals surface area contributed by atoms with Gasteiger partial charge in [0.1, 0.15) is 0 Å². The standard InChI is InChI=1S/C26H20F2N8O2/c27-23(28)17-10-14(11-30-24(17)35-31-9-8-29)33-26(38)18-12-32-36(22(18)13-4-5-13)20-7-6-19-21-15(20)2-1-3-16(21)25(37)34-19/h1-3,6-13,23,29H,4-5H2,(H,30,35)(H,33,38)(H,34,37)/b29-8?,31-9-. The predicted octanol–water partition coefficient (Wildman–Crippen LogP) is 5.10. The summed E-state index contributed by atoms with van der Waals surface area (Å²) in [4.78, 5) is 29.6. The number of alkyl halides is 2. The van der Waals surface area contributed by atoms with Gasteiger partial charge in [-0.25, -0.2) is 18.4 Å². The molecule has 4 aromatic rings. The van der Waals surface area contributed by atoms with E-state index in [1.54, 1.807) is 10.7 Å². The Labute approximate surface area is 214 Å². The van der Waals surface area contributed by atoms with E-state index in [0.717, 1.165) is 59.2 Å². The molecule has 4 N–H and O–H groups in total. The smallest absolute Gasteiger partial charge is 0.267 e. The number of halogens is 2. The van der Waals surface area contributed by atoms with Gasteiger partial charge in [0, 0.05) is 34.2 Å². The number of rotatable bonds is 8. The highest BCUT2D eigenvalue weighted by Gasteiger charge is 2.34. The Balaban J connectivity index is 1.35. The minimum Gasteiger partial charge on any atom is -0.321 e. The van der Waals surface area contributed by atoms with E-state index >= 15 is 0 Å². The lowest BCUT2D eigenvalue weighted by Crippen LogP contribution is -2.15. The van der Waals surface area contributed by atoms with Gasteiger partial charge in [-0.05, 0) is 37.1 Å². The fourth-order valence-corrected chi connectivity index (χ4v) is 4.68. The number of amides is 2. The molecule has 10 nitrogen and oxygen atoms in total. The fourth-order valence-electron chi connectivity index (χ4n) is 4.68. The third-order valence-electron chi connectivity index (χ3n) is 6.48. The quantitative estimate of drug-likeness (QED) is 0.192. The summed E-state index contributed by atoms with van der Waals surface area (Å²) < 4.78 is 29.0. The molecule has 6 rings (SSSR count). The summed E-state index contributed by atoms with van der Waals surface area (Å²) in [5.41, 5.74) is 5.13. The molecule has 12 heteroatoms. The Morgan fingerprint density at radius 3 is 2.84 bits per heavy atom. The minimum absolute atomic E-state index is 0.0938. The van der Waals surface area contributed by atoms with Crippen molar-refractivity contribution >= 4 is 52.2 Å². The number of benzene rings is 2. The molecule has 3 heterocycles. The Kier molecular flexibility index (Phi) is 5.63. The average Bonchev–Trinajstić information content (AvgIpc) is 3.57. The molecule has 0 unspecified atom stereocenters. The molecule has 0 radical (unpaired) electrons. The zero-order valence-electron chi connectivity index (χ0n) is 19.7. The summed E-state index contributed by atoms with van der Waals surface area (Å²) in [5.74, 6) is -0.715. The Morgan fingerprint density at radius 2 is 2.08 bits per heavy atom. The van der Waals surface area contributed by atoms with Crippen LogP contribution < -0.4 is 16.1 Å². The maximum atomic E-state index is 13.6. The predicted molar refractivity (Wildman–Crippen MR) is 139 cm³/mol. The topological polar surface area (TPSA) is 137 Å². The Bertz CT molecular complexity index is 1660. The monoisotopic (exact) mass is 514 g/mol. The summed E-state index contributed by atoms with van der Waals surface area (Å²) in [5, 5.41) is 22.2. The van der Waals surface area contributed by atoms with E-state index in [1.807, 2.05) is 24.3 Å². The van der Waals surface area contributed by atoms with Gasteiger partial charge < -0.3 is 16.0 Å². The van der Waals surface area contributed by atoms with Gasteiger partial charge in [-0.15, -0.1) is 0 Å². The molecule has 0 bridgehead atoms. The summed E-state index contributed by atoms with van der Waals surface area (Å²) in [6.07, 6.45) is 3.61. The van der Waals surface area contributed by atoms with E-state index in [9.17, 15) is 18.4 Å². The average molecular weight is 514 g/mol. The summed E-state index contributed by atoms with van der Waals surface area (Å²) in [7, 11) is 0. The van der Waals surface area contributed by atoms with Crippen molar-refractivity contribution in [2.24, 2.45) is 5.10 Å². The van der Waals surface area contributed by atoms with Gasteiger partial charge in [-0.3, -0.25) is 15.0 Å². The van der Waals surface area contributed by atoms with Gasteiger partial charge in [-0.2, -0.15) is 10.2 Å². The van der Waals surface area contributed by atoms with Gasteiger partial charge >= 0.3 is 0 Å². The molecule has 0 spiro atoms. The molecule has 0 atom stereocenters. The maximum absolute atomic E-state index is 13.6. The summed E-state index contributed by atoms with van der Waals surface area (Å²) in [6, 6.07) is 10.3. The number of hydrogen-bond donors (Lipinski definition) is 4. The molecule has 38 heavy (non-hydrogen) atoms. The molecular weight excluding hydrogens is 494 g/mol. The second-order valence-corrected chi connectivity index (χ2v) is 8.92. The number of nitrogens with zero attached hydrogens (tertiary/aromatic N) is 4. The molecule has 1 fully saturated rings. The van der Waals surface area contributed by atoms with Gasteiger partial charge in [0.2, 0.25) is 0 Å². The van der Waals surface area contributed by atoms with Crippen LogP contribution in [-0.4, -0.2) is 39.0 Å². The molecular formula is C26H20F2N8O2. The second-order valence-electron chi connectivity index (χ2n) is 8.92. The molecule has 190 valence electrons. The number of hydrogen-bond acceptors (Lipinski definition) is 7. The van der Waals surface area contributed by atoms with Crippen LogP contribution in [0.1, 0.15) is 57.2 Å². The van der Waals surface area contributed by atoms with Crippen molar-refractivity contribution in [2.75, 3.05) is 16.1 Å². The van der Waals surface area contributed by atoms with E-state index in [1.165, 1.54) is 12.4 Å². The first-order valence-electron chi connectivity index (χ1n) is 11.8. The van der Waals surface area contributed by atoms with Gasteiger partial charge in [0.15, 0.2) is 5.82 Å². The Morgan fingerprint density at radius 1 is 1.24 bits per heavy atom. The molecule has 0 saturated heterocycles. The third kappa shape index (κ3) is 3.95. The van der Waals surface area contributed by atoms with E-state index < -0.39 is 17.9 Å². The van der Waals surface area contributed by atoms with Crippen LogP contribution >= 0.6 is 0 Å². The molecule has 2 amide bonds. The van der Waals surface area contributed by atoms with Crippen molar-refractivity contribution in [3.63, 3.8) is 0 Å². The highest BCUT2D eigenvalue weighted by Crippen LogP contribution is 2.44. The van der Waals surface area contributed by atoms with Crippen LogP contribution in [0.2, 0.25) is 0 Å². The van der Waals surface area contributed by atoms with E-state index in [0.29, 0.717) is 11.1 Å². The summed E-state index contributed by atoms with van der Waals surface area (Å²) >= 11 is 0. The molecule has 1 aliphatic heterocycles. The highest BCUT2D eigenvalue weighted by atomic mass is 19.3. The Hall–Kier alpha value is -5.00. The number of carbonyl (C=O) groups is 2. The first kappa shape index (κ1) is 23.4. The van der Waals surface area contributed by atoms with Crippen molar-refractivity contribution in [3.8, 4) is 5.69 Å². The van der Waals surface area contributed by atoms with Crippen molar-refractivity contribution in [3.05, 3.63) is 71.2 Å². The highest BCUT2D eigenvalue weighted by molar-refractivity contribution is 6.25. The van der Waals surface area contributed by atoms with Crippen molar-refractivity contribution in [2.45, 2.75) is 25.2 Å². The van der Waals surface area contributed by atoms with Crippen LogP contribution in [0, 0.1) is 5.41 Å². The van der Waals surface area contributed by atoms with Crippen LogP contribution in [0.15, 0.2) is 53.9 Å². The number of pyridine rings is 1. The van der Waals surface area contributed by atoms with Gasteiger partial charge in [-0.1, -0.05) is 12.1 Å². The fraction of sp³-hybridized carbons (Fsp3) is 0.154. The zero-order valence-corrected chi connectivity index (χ0v) is 19.7. The minimum atomic E-state index is -2.87. The molecule has 1 saturated carbocycles. The van der Waals surface area contributed by atoms with Crippen LogP contribution in [0.25, 0.3) is 16.5 Å². The lowest BCUT2D eigenvalue weighted by molar-refractivity contribution is 0.102. The normalized spacial score (nSPS) is 14.3. The van der Waals surface area contributed by atoms with E-state index in [-0.39, 0.29) is 23.3 Å². The van der Waals surface area contributed by atoms with E-state index in [4.69, 9.17) is 5.41 Å². The first-order chi connectivity index (χ1) is 18.5. The summed E-state index contributed by atoms with van der Waals surface area (Å²) in [6.45, 7) is 0. The molecule has 2 aromatic heterocycles. The number of carbonyl (C=O) groups excluding carboxylic acids is 2. The van der Waals surface area contributed by atoms with Crippen LogP contribution in [0.5, 0.6) is 0 Å². The van der Waals surface area contributed by atoms with Crippen molar-refractivity contribution in [1.29, 1.82) is 5.41 Å². The zero-order chi connectivity index (χ0) is 26.4. The third-order valence-corrected chi connectivity index (χ3v) is 6.48.